The molecule has 5 nitrogen and oxygen atoms in total. The summed E-state index contributed by atoms with van der Waals surface area (Å²) in [6, 6.07) is 11.3. The number of halogens is 1. The van der Waals surface area contributed by atoms with Crippen LogP contribution in [0.3, 0.4) is 0 Å². The van der Waals surface area contributed by atoms with E-state index < -0.39 is 0 Å². The summed E-state index contributed by atoms with van der Waals surface area (Å²) in [5.74, 6) is 0.727. The van der Waals surface area contributed by atoms with Crippen LogP contribution in [0, 0.1) is 0 Å². The van der Waals surface area contributed by atoms with Crippen molar-refractivity contribution < 1.29 is 13.9 Å². The maximum absolute atomic E-state index is 11.5. The van der Waals surface area contributed by atoms with E-state index in [2.05, 4.69) is 10.6 Å². The lowest BCUT2D eigenvalue weighted by atomic mass is 10.2. The number of hydrogen-bond acceptors (Lipinski definition) is 4. The molecule has 0 fully saturated rings. The van der Waals surface area contributed by atoms with Gasteiger partial charge in [0.05, 0.1) is 19.4 Å². The van der Waals surface area contributed by atoms with Gasteiger partial charge in [0.15, 0.2) is 0 Å². The Morgan fingerprint density at radius 3 is 2.81 bits per heavy atom. The Kier molecular flexibility index (Phi) is 7.53. The third-order valence-corrected chi connectivity index (χ3v) is 2.64. The number of amides is 1. The Bertz CT molecular complexity index is 544. The molecule has 1 aromatic heterocycles. The maximum atomic E-state index is 11.5. The highest BCUT2D eigenvalue weighted by Gasteiger charge is 2.02. The fraction of sp³-hybridized carbons (Fsp3) is 0.267. The standard InChI is InChI=1S/C15H18N2O3.ClH/c1-16-9-15(18)17-13-5-2-4-12(8-13)10-19-11-14-6-3-7-20-14;/h2-8,16H,9-11H2,1H3,(H,17,18);1H. The van der Waals surface area contributed by atoms with Gasteiger partial charge in [0.1, 0.15) is 12.4 Å². The first kappa shape index (κ1) is 17.2. The minimum Gasteiger partial charge on any atom is -0.467 e. The molecule has 2 N–H and O–H groups in total. The molecule has 0 radical (unpaired) electrons. The highest BCUT2D eigenvalue weighted by atomic mass is 35.5. The molecule has 0 aliphatic carbocycles. The smallest absolute Gasteiger partial charge is 0.238 e. The number of carbonyl (C=O) groups is 1. The Hall–Kier alpha value is -1.82. The van der Waals surface area contributed by atoms with Crippen LogP contribution in [-0.4, -0.2) is 19.5 Å². The Balaban J connectivity index is 0.00000220. The molecule has 1 heterocycles. The zero-order chi connectivity index (χ0) is 14.2. The van der Waals surface area contributed by atoms with Gasteiger partial charge in [0.2, 0.25) is 5.91 Å². The van der Waals surface area contributed by atoms with Crippen molar-refractivity contribution in [3.05, 3.63) is 54.0 Å². The molecule has 0 aliphatic heterocycles. The Labute approximate surface area is 130 Å². The lowest BCUT2D eigenvalue weighted by molar-refractivity contribution is -0.115. The minimum atomic E-state index is -0.0684. The summed E-state index contributed by atoms with van der Waals surface area (Å²) in [6.45, 7) is 1.19. The largest absolute Gasteiger partial charge is 0.467 e. The quantitative estimate of drug-likeness (QED) is 0.825. The molecular weight excluding hydrogens is 292 g/mol. The number of anilines is 1. The lowest BCUT2D eigenvalue weighted by Crippen LogP contribution is -2.25. The molecular formula is C15H19ClN2O3. The minimum absolute atomic E-state index is 0. The average molecular weight is 311 g/mol. The number of rotatable bonds is 7. The second kappa shape index (κ2) is 9.18. The summed E-state index contributed by atoms with van der Waals surface area (Å²) in [4.78, 5) is 11.5. The van der Waals surface area contributed by atoms with Crippen molar-refractivity contribution in [3.8, 4) is 0 Å². The van der Waals surface area contributed by atoms with E-state index in [-0.39, 0.29) is 18.3 Å². The predicted molar refractivity (Wildman–Crippen MR) is 83.4 cm³/mol. The first-order valence-electron chi connectivity index (χ1n) is 6.41. The van der Waals surface area contributed by atoms with Gasteiger partial charge >= 0.3 is 0 Å². The fourth-order valence-electron chi connectivity index (χ4n) is 1.77. The van der Waals surface area contributed by atoms with Crippen LogP contribution in [0.15, 0.2) is 47.1 Å². The second-order valence-corrected chi connectivity index (χ2v) is 4.35. The highest BCUT2D eigenvalue weighted by Crippen LogP contribution is 2.12. The van der Waals surface area contributed by atoms with Crippen LogP contribution in [0.5, 0.6) is 0 Å². The summed E-state index contributed by atoms with van der Waals surface area (Å²) in [5, 5.41) is 5.62. The molecule has 6 heteroatoms. The van der Waals surface area contributed by atoms with Gasteiger partial charge in [-0.2, -0.15) is 0 Å². The van der Waals surface area contributed by atoms with E-state index in [0.717, 1.165) is 17.0 Å². The fourth-order valence-corrected chi connectivity index (χ4v) is 1.77. The van der Waals surface area contributed by atoms with Crippen LogP contribution in [0.4, 0.5) is 5.69 Å². The third-order valence-electron chi connectivity index (χ3n) is 2.64. The number of likely N-dealkylation sites (N-methyl/N-ethyl adjacent to an activating group) is 1. The molecule has 0 spiro atoms. The number of carbonyl (C=O) groups excluding carboxylic acids is 1. The van der Waals surface area contributed by atoms with Gasteiger partial charge in [0.25, 0.3) is 0 Å². The molecule has 0 saturated heterocycles. The van der Waals surface area contributed by atoms with Gasteiger partial charge in [0, 0.05) is 5.69 Å². The van der Waals surface area contributed by atoms with Crippen LogP contribution in [0.2, 0.25) is 0 Å². The van der Waals surface area contributed by atoms with E-state index in [4.69, 9.17) is 9.15 Å². The summed E-state index contributed by atoms with van der Waals surface area (Å²) in [7, 11) is 1.73. The number of ether oxygens (including phenoxy) is 1. The molecule has 0 saturated carbocycles. The molecule has 0 unspecified atom stereocenters. The molecule has 2 aromatic rings. The average Bonchev–Trinajstić information content (AvgIpc) is 2.92. The molecule has 0 aliphatic rings. The molecule has 0 bridgehead atoms. The van der Waals surface area contributed by atoms with Crippen molar-refractivity contribution >= 4 is 24.0 Å². The first-order valence-corrected chi connectivity index (χ1v) is 6.41. The van der Waals surface area contributed by atoms with E-state index in [1.165, 1.54) is 0 Å². The molecule has 1 aromatic carbocycles. The van der Waals surface area contributed by atoms with E-state index in [1.54, 1.807) is 13.3 Å². The monoisotopic (exact) mass is 310 g/mol. The Morgan fingerprint density at radius 2 is 2.10 bits per heavy atom. The first-order chi connectivity index (χ1) is 9.78. The normalized spacial score (nSPS) is 9.95. The van der Waals surface area contributed by atoms with Gasteiger partial charge in [-0.15, -0.1) is 12.4 Å². The van der Waals surface area contributed by atoms with Crippen LogP contribution < -0.4 is 10.6 Å². The summed E-state index contributed by atoms with van der Waals surface area (Å²) >= 11 is 0. The molecule has 114 valence electrons. The van der Waals surface area contributed by atoms with Crippen molar-refractivity contribution in [2.75, 3.05) is 18.9 Å². The molecule has 0 atom stereocenters. The van der Waals surface area contributed by atoms with E-state index in [1.807, 2.05) is 36.4 Å². The SMILES string of the molecule is CNCC(=O)Nc1cccc(COCc2ccco2)c1.Cl. The summed E-state index contributed by atoms with van der Waals surface area (Å²) < 4.78 is 10.7. The highest BCUT2D eigenvalue weighted by molar-refractivity contribution is 5.92. The van der Waals surface area contributed by atoms with E-state index in [0.29, 0.717) is 19.8 Å². The van der Waals surface area contributed by atoms with Gasteiger partial charge in [-0.1, -0.05) is 12.1 Å². The number of furan rings is 1. The van der Waals surface area contributed by atoms with Crippen LogP contribution in [0.25, 0.3) is 0 Å². The zero-order valence-electron chi connectivity index (χ0n) is 11.8. The van der Waals surface area contributed by atoms with Crippen molar-refractivity contribution in [1.82, 2.24) is 5.32 Å². The van der Waals surface area contributed by atoms with E-state index in [9.17, 15) is 4.79 Å². The number of nitrogens with one attached hydrogen (secondary N) is 2. The van der Waals surface area contributed by atoms with Crippen LogP contribution in [-0.2, 0) is 22.7 Å². The lowest BCUT2D eigenvalue weighted by Gasteiger charge is -2.07. The van der Waals surface area contributed by atoms with Crippen molar-refractivity contribution in [1.29, 1.82) is 0 Å². The van der Waals surface area contributed by atoms with Gasteiger partial charge in [-0.25, -0.2) is 0 Å². The summed E-state index contributed by atoms with van der Waals surface area (Å²) in [5.41, 5.74) is 1.77. The van der Waals surface area contributed by atoms with Crippen molar-refractivity contribution in [2.24, 2.45) is 0 Å². The van der Waals surface area contributed by atoms with Crippen LogP contribution >= 0.6 is 12.4 Å². The maximum Gasteiger partial charge on any atom is 0.238 e. The molecule has 2 rings (SSSR count). The van der Waals surface area contributed by atoms with Crippen molar-refractivity contribution in [3.63, 3.8) is 0 Å². The topological polar surface area (TPSA) is 63.5 Å². The Morgan fingerprint density at radius 1 is 1.24 bits per heavy atom. The predicted octanol–water partition coefficient (Wildman–Crippen LogP) is 2.58. The number of hydrogen-bond donors (Lipinski definition) is 2. The van der Waals surface area contributed by atoms with Crippen LogP contribution in [0.1, 0.15) is 11.3 Å². The second-order valence-electron chi connectivity index (χ2n) is 4.35. The molecule has 1 amide bonds. The van der Waals surface area contributed by atoms with Gasteiger partial charge < -0.3 is 19.8 Å². The zero-order valence-corrected chi connectivity index (χ0v) is 12.6. The van der Waals surface area contributed by atoms with Gasteiger partial charge in [-0.3, -0.25) is 4.79 Å². The third kappa shape index (κ3) is 5.99. The van der Waals surface area contributed by atoms with Gasteiger partial charge in [-0.05, 0) is 36.9 Å². The summed E-state index contributed by atoms with van der Waals surface area (Å²) in [6.07, 6.45) is 1.62. The van der Waals surface area contributed by atoms with E-state index >= 15 is 0 Å². The molecule has 21 heavy (non-hydrogen) atoms. The number of benzene rings is 1. The van der Waals surface area contributed by atoms with Crippen molar-refractivity contribution in [2.45, 2.75) is 13.2 Å².